The summed E-state index contributed by atoms with van der Waals surface area (Å²) >= 11 is 0. The summed E-state index contributed by atoms with van der Waals surface area (Å²) in [5.74, 6) is 0. The maximum absolute atomic E-state index is 10.1. The van der Waals surface area contributed by atoms with Gasteiger partial charge in [0.2, 0.25) is 0 Å². The number of fused-ring (bicyclic) bond motifs is 1. The second-order valence-electron chi connectivity index (χ2n) is 5.59. The van der Waals surface area contributed by atoms with E-state index in [4.69, 9.17) is 4.74 Å². The van der Waals surface area contributed by atoms with E-state index in [1.807, 2.05) is 25.2 Å². The molecule has 3 heterocycles. The molecule has 9 heteroatoms. The van der Waals surface area contributed by atoms with Gasteiger partial charge in [0.05, 0.1) is 18.6 Å². The summed E-state index contributed by atoms with van der Waals surface area (Å²) in [7, 11) is 3.79. The number of imidazole rings is 1. The Labute approximate surface area is 132 Å². The number of hydrogen-bond acceptors (Lipinski definition) is 8. The first kappa shape index (κ1) is 15.8. The Morgan fingerprint density at radius 2 is 2.04 bits per heavy atom. The van der Waals surface area contributed by atoms with Crippen LogP contribution in [0.2, 0.25) is 0 Å². The third-order valence-electron chi connectivity index (χ3n) is 3.71. The monoisotopic (exact) mass is 321 g/mol. The Morgan fingerprint density at radius 1 is 1.26 bits per heavy atom. The number of aliphatic hydroxyl groups excluding tert-OH is 3. The summed E-state index contributed by atoms with van der Waals surface area (Å²) in [4.78, 5) is 14.5. The van der Waals surface area contributed by atoms with Gasteiger partial charge in [0.15, 0.2) is 11.9 Å². The molecule has 9 nitrogen and oxygen atoms in total. The molecule has 3 N–H and O–H groups in total. The van der Waals surface area contributed by atoms with Crippen molar-refractivity contribution in [2.45, 2.75) is 24.5 Å². The van der Waals surface area contributed by atoms with Crippen molar-refractivity contribution in [3.05, 3.63) is 24.5 Å². The van der Waals surface area contributed by atoms with Crippen LogP contribution in [0.25, 0.3) is 17.2 Å². The molecular formula is C14H19N5O4. The Balaban J connectivity index is 1.99. The Kier molecular flexibility index (Phi) is 4.26. The average molecular weight is 321 g/mol. The van der Waals surface area contributed by atoms with E-state index in [2.05, 4.69) is 15.0 Å². The number of hydrogen-bond donors (Lipinski definition) is 3. The van der Waals surface area contributed by atoms with Crippen molar-refractivity contribution >= 4 is 17.2 Å². The highest BCUT2D eigenvalue weighted by atomic mass is 16.6. The summed E-state index contributed by atoms with van der Waals surface area (Å²) in [6.07, 6.45) is 2.46. The quantitative estimate of drug-likeness (QED) is 0.654. The molecule has 1 fully saturated rings. The number of aromatic nitrogens is 4. The molecule has 0 aliphatic carbocycles. The standard InChI is InChI=1S/C14H19N5O4/c1-18(2)4-3-8-10-13(16-6-15-8)19(7-17-10)14-12(22)11(21)9(5-20)23-14/h3-4,6-7,9,11-12,14,20-22H,5H2,1-2H3/b4-3+/t9-,11-,12-,14-/m0/s1. The van der Waals surface area contributed by atoms with Gasteiger partial charge in [-0.25, -0.2) is 15.0 Å². The van der Waals surface area contributed by atoms with Crippen LogP contribution in [0.3, 0.4) is 0 Å². The number of ether oxygens (including phenoxy) is 1. The second kappa shape index (κ2) is 6.20. The molecule has 23 heavy (non-hydrogen) atoms. The van der Waals surface area contributed by atoms with E-state index in [0.29, 0.717) is 16.9 Å². The summed E-state index contributed by atoms with van der Waals surface area (Å²) < 4.78 is 7.05. The third-order valence-corrected chi connectivity index (χ3v) is 3.71. The molecule has 0 saturated carbocycles. The van der Waals surface area contributed by atoms with Gasteiger partial charge in [-0.05, 0) is 6.08 Å². The van der Waals surface area contributed by atoms with E-state index >= 15 is 0 Å². The highest BCUT2D eigenvalue weighted by Gasteiger charge is 2.43. The van der Waals surface area contributed by atoms with Crippen LogP contribution in [-0.4, -0.2) is 78.8 Å². The van der Waals surface area contributed by atoms with E-state index in [1.165, 1.54) is 17.2 Å². The van der Waals surface area contributed by atoms with Gasteiger partial charge in [0.1, 0.15) is 30.2 Å². The van der Waals surface area contributed by atoms with E-state index in [9.17, 15) is 15.3 Å². The predicted octanol–water partition coefficient (Wildman–Crippen LogP) is -1.03. The zero-order chi connectivity index (χ0) is 16.6. The van der Waals surface area contributed by atoms with Gasteiger partial charge in [-0.3, -0.25) is 4.57 Å². The number of aliphatic hydroxyl groups is 3. The molecule has 0 unspecified atom stereocenters. The van der Waals surface area contributed by atoms with Crippen LogP contribution in [-0.2, 0) is 4.74 Å². The molecule has 1 aliphatic rings. The average Bonchev–Trinajstić information content (AvgIpc) is 3.08. The van der Waals surface area contributed by atoms with E-state index in [1.54, 1.807) is 6.08 Å². The fraction of sp³-hybridized carbons (Fsp3) is 0.500. The van der Waals surface area contributed by atoms with E-state index < -0.39 is 24.5 Å². The van der Waals surface area contributed by atoms with Gasteiger partial charge in [0.25, 0.3) is 0 Å². The molecule has 3 rings (SSSR count). The summed E-state index contributed by atoms with van der Waals surface area (Å²) in [6, 6.07) is 0. The largest absolute Gasteiger partial charge is 0.394 e. The highest BCUT2D eigenvalue weighted by molar-refractivity contribution is 5.79. The molecular weight excluding hydrogens is 302 g/mol. The Hall–Kier alpha value is -2.07. The summed E-state index contributed by atoms with van der Waals surface area (Å²) in [5, 5.41) is 29.2. The minimum Gasteiger partial charge on any atom is -0.394 e. The zero-order valence-electron chi connectivity index (χ0n) is 12.8. The first-order valence-electron chi connectivity index (χ1n) is 7.17. The minimum absolute atomic E-state index is 0.382. The van der Waals surface area contributed by atoms with Gasteiger partial charge in [-0.15, -0.1) is 0 Å². The fourth-order valence-corrected chi connectivity index (χ4v) is 2.51. The van der Waals surface area contributed by atoms with Crippen LogP contribution in [0.1, 0.15) is 11.9 Å². The summed E-state index contributed by atoms with van der Waals surface area (Å²) in [6.45, 7) is -0.382. The van der Waals surface area contributed by atoms with Gasteiger partial charge in [0, 0.05) is 20.3 Å². The maximum Gasteiger partial charge on any atom is 0.166 e. The highest BCUT2D eigenvalue weighted by Crippen LogP contribution is 2.31. The molecule has 0 bridgehead atoms. The van der Waals surface area contributed by atoms with Crippen molar-refractivity contribution in [2.24, 2.45) is 0 Å². The SMILES string of the molecule is CN(C)/C=C/c1ncnc2c1ncn2[C@H]1O[C@@H](CO)[C@H](O)[C@@H]1O. The Bertz CT molecular complexity index is 716. The lowest BCUT2D eigenvalue weighted by molar-refractivity contribution is -0.0511. The van der Waals surface area contributed by atoms with E-state index in [0.717, 1.165) is 0 Å². The fourth-order valence-electron chi connectivity index (χ4n) is 2.51. The van der Waals surface area contributed by atoms with Gasteiger partial charge in [-0.1, -0.05) is 0 Å². The van der Waals surface area contributed by atoms with Crippen LogP contribution in [0.15, 0.2) is 18.9 Å². The van der Waals surface area contributed by atoms with Crippen LogP contribution >= 0.6 is 0 Å². The second-order valence-corrected chi connectivity index (χ2v) is 5.59. The molecule has 0 radical (unpaired) electrons. The molecule has 2 aromatic heterocycles. The smallest absolute Gasteiger partial charge is 0.166 e. The van der Waals surface area contributed by atoms with Crippen LogP contribution in [0.5, 0.6) is 0 Å². The molecule has 0 spiro atoms. The zero-order valence-corrected chi connectivity index (χ0v) is 12.8. The lowest BCUT2D eigenvalue weighted by Crippen LogP contribution is -2.33. The number of rotatable bonds is 4. The van der Waals surface area contributed by atoms with Gasteiger partial charge >= 0.3 is 0 Å². The minimum atomic E-state index is -1.18. The molecule has 1 saturated heterocycles. The molecule has 124 valence electrons. The molecule has 1 aliphatic heterocycles. The van der Waals surface area contributed by atoms with Crippen molar-refractivity contribution in [1.29, 1.82) is 0 Å². The van der Waals surface area contributed by atoms with Crippen molar-refractivity contribution in [2.75, 3.05) is 20.7 Å². The lowest BCUT2D eigenvalue weighted by Gasteiger charge is -2.16. The number of nitrogens with zero attached hydrogens (tertiary/aromatic N) is 5. The van der Waals surface area contributed by atoms with E-state index in [-0.39, 0.29) is 6.61 Å². The van der Waals surface area contributed by atoms with Crippen molar-refractivity contribution in [3.63, 3.8) is 0 Å². The predicted molar refractivity (Wildman–Crippen MR) is 81.1 cm³/mol. The normalized spacial score (nSPS) is 28.0. The molecule has 0 amide bonds. The topological polar surface area (TPSA) is 117 Å². The Morgan fingerprint density at radius 3 is 2.70 bits per heavy atom. The van der Waals surface area contributed by atoms with Gasteiger partial charge < -0.3 is 25.0 Å². The summed E-state index contributed by atoms with van der Waals surface area (Å²) in [5.41, 5.74) is 1.67. The maximum atomic E-state index is 10.1. The van der Waals surface area contributed by atoms with Crippen LogP contribution < -0.4 is 0 Å². The first-order valence-corrected chi connectivity index (χ1v) is 7.17. The van der Waals surface area contributed by atoms with Crippen molar-refractivity contribution in [3.8, 4) is 0 Å². The lowest BCUT2D eigenvalue weighted by atomic mass is 10.1. The van der Waals surface area contributed by atoms with Gasteiger partial charge in [-0.2, -0.15) is 0 Å². The third kappa shape index (κ3) is 2.79. The first-order chi connectivity index (χ1) is 11.0. The molecule has 4 atom stereocenters. The van der Waals surface area contributed by atoms with Crippen molar-refractivity contribution < 1.29 is 20.1 Å². The van der Waals surface area contributed by atoms with Crippen LogP contribution in [0, 0.1) is 0 Å². The molecule has 2 aromatic rings. The van der Waals surface area contributed by atoms with Crippen LogP contribution in [0.4, 0.5) is 0 Å². The van der Waals surface area contributed by atoms with Crippen molar-refractivity contribution in [1.82, 2.24) is 24.4 Å². The molecule has 0 aromatic carbocycles.